The predicted octanol–water partition coefficient (Wildman–Crippen LogP) is 5.74. The van der Waals surface area contributed by atoms with Gasteiger partial charge in [-0.1, -0.05) is 67.4 Å². The Kier molecular flexibility index (Phi) is 6.79. The number of nitrogens with one attached hydrogen (secondary N) is 2. The van der Waals surface area contributed by atoms with Gasteiger partial charge in [0, 0.05) is 35.8 Å². The van der Waals surface area contributed by atoms with Gasteiger partial charge in [0.25, 0.3) is 5.91 Å². The second-order valence-electron chi connectivity index (χ2n) is 10.8. The Labute approximate surface area is 224 Å². The number of carbonyl (C=O) groups is 2. The highest BCUT2D eigenvalue weighted by atomic mass is 16.5. The van der Waals surface area contributed by atoms with Crippen molar-refractivity contribution in [3.05, 3.63) is 95.6 Å². The number of nitrogens with zero attached hydrogens (tertiary/aromatic N) is 1. The molecule has 3 aromatic rings. The Morgan fingerprint density at radius 2 is 1.66 bits per heavy atom. The van der Waals surface area contributed by atoms with E-state index in [1.807, 2.05) is 48.5 Å². The maximum absolute atomic E-state index is 14.3. The number of carbonyl (C=O) groups excluding carboxylic acids is 2. The molecule has 6 rings (SSSR count). The first-order valence-electron chi connectivity index (χ1n) is 13.8. The van der Waals surface area contributed by atoms with E-state index in [2.05, 4.69) is 45.9 Å². The SMILES string of the molecule is COc1ccc2c(c1)NC(c1ccccc1)C1CCN(C(=O)[C@H]3CCCC[C@H]3NC(=O)c3ccccc3)[C@@H]21. The highest BCUT2D eigenvalue weighted by Gasteiger charge is 2.48. The van der Waals surface area contributed by atoms with Crippen molar-refractivity contribution in [2.75, 3.05) is 19.0 Å². The van der Waals surface area contributed by atoms with E-state index in [1.165, 1.54) is 5.56 Å². The van der Waals surface area contributed by atoms with Crippen LogP contribution in [0, 0.1) is 11.8 Å². The van der Waals surface area contributed by atoms with Gasteiger partial charge in [-0.15, -0.1) is 0 Å². The molecular weight excluding hydrogens is 474 g/mol. The molecule has 1 aliphatic carbocycles. The summed E-state index contributed by atoms with van der Waals surface area (Å²) < 4.78 is 5.53. The van der Waals surface area contributed by atoms with Gasteiger partial charge in [-0.05, 0) is 48.6 Å². The maximum Gasteiger partial charge on any atom is 0.251 e. The lowest BCUT2D eigenvalue weighted by Crippen LogP contribution is -2.50. The molecule has 0 aromatic heterocycles. The molecule has 1 saturated carbocycles. The van der Waals surface area contributed by atoms with Crippen molar-refractivity contribution < 1.29 is 14.3 Å². The Bertz CT molecular complexity index is 1300. The summed E-state index contributed by atoms with van der Waals surface area (Å²) in [6.45, 7) is 0.723. The number of anilines is 1. The summed E-state index contributed by atoms with van der Waals surface area (Å²) in [5.74, 6) is 0.933. The molecule has 38 heavy (non-hydrogen) atoms. The van der Waals surface area contributed by atoms with Crippen LogP contribution in [0.3, 0.4) is 0 Å². The summed E-state index contributed by atoms with van der Waals surface area (Å²) in [4.78, 5) is 29.4. The summed E-state index contributed by atoms with van der Waals surface area (Å²) in [7, 11) is 1.68. The minimum absolute atomic E-state index is 0.0118. The largest absolute Gasteiger partial charge is 0.497 e. The molecule has 2 amide bonds. The zero-order chi connectivity index (χ0) is 26.1. The standard InChI is InChI=1S/C32H35N3O3/c1-38-23-16-17-24-28(20-23)33-29(21-10-4-2-5-11-21)26-18-19-35(30(24)26)32(37)25-14-8-9-15-27(25)34-31(36)22-12-6-3-7-13-22/h2-7,10-13,16-17,20,25-27,29-30,33H,8-9,14-15,18-19H2,1H3,(H,34,36)/t25-,26?,27+,29?,30-/m0/s1. The van der Waals surface area contributed by atoms with Crippen molar-refractivity contribution in [1.82, 2.24) is 10.2 Å². The molecule has 3 aliphatic rings. The molecule has 0 radical (unpaired) electrons. The molecule has 2 N–H and O–H groups in total. The third-order valence-corrected chi connectivity index (χ3v) is 8.64. The number of likely N-dealkylation sites (tertiary alicyclic amines) is 1. The highest BCUT2D eigenvalue weighted by molar-refractivity contribution is 5.95. The first-order valence-corrected chi connectivity index (χ1v) is 13.8. The van der Waals surface area contributed by atoms with E-state index in [1.54, 1.807) is 7.11 Å². The molecule has 2 unspecified atom stereocenters. The number of benzene rings is 3. The quantitative estimate of drug-likeness (QED) is 0.460. The summed E-state index contributed by atoms with van der Waals surface area (Å²) >= 11 is 0. The molecule has 196 valence electrons. The van der Waals surface area contributed by atoms with E-state index >= 15 is 0 Å². The molecule has 2 heterocycles. The monoisotopic (exact) mass is 509 g/mol. The van der Waals surface area contributed by atoms with Crippen LogP contribution in [0.15, 0.2) is 78.9 Å². The van der Waals surface area contributed by atoms with Gasteiger partial charge in [0.05, 0.1) is 25.1 Å². The molecule has 2 aliphatic heterocycles. The van der Waals surface area contributed by atoms with Gasteiger partial charge < -0.3 is 20.3 Å². The van der Waals surface area contributed by atoms with E-state index in [4.69, 9.17) is 4.74 Å². The average Bonchev–Trinajstić information content (AvgIpc) is 3.43. The fourth-order valence-corrected chi connectivity index (χ4v) is 6.78. The van der Waals surface area contributed by atoms with Gasteiger partial charge >= 0.3 is 0 Å². The normalized spacial score (nSPS) is 26.0. The van der Waals surface area contributed by atoms with E-state index in [0.29, 0.717) is 5.56 Å². The zero-order valence-electron chi connectivity index (χ0n) is 21.8. The topological polar surface area (TPSA) is 70.7 Å². The van der Waals surface area contributed by atoms with E-state index in [-0.39, 0.29) is 41.8 Å². The summed E-state index contributed by atoms with van der Waals surface area (Å²) in [6, 6.07) is 25.9. The number of ether oxygens (including phenoxy) is 1. The Balaban J connectivity index is 1.30. The van der Waals surface area contributed by atoms with Crippen molar-refractivity contribution in [2.24, 2.45) is 11.8 Å². The van der Waals surface area contributed by atoms with Crippen LogP contribution in [0.25, 0.3) is 0 Å². The van der Waals surface area contributed by atoms with E-state index < -0.39 is 0 Å². The fraction of sp³-hybridized carbons (Fsp3) is 0.375. The predicted molar refractivity (Wildman–Crippen MR) is 148 cm³/mol. The van der Waals surface area contributed by atoms with Crippen LogP contribution in [0.2, 0.25) is 0 Å². The van der Waals surface area contributed by atoms with Crippen molar-refractivity contribution in [2.45, 2.75) is 50.2 Å². The van der Waals surface area contributed by atoms with Gasteiger partial charge in [0.2, 0.25) is 5.91 Å². The molecule has 2 fully saturated rings. The lowest BCUT2D eigenvalue weighted by molar-refractivity contribution is -0.138. The molecule has 1 saturated heterocycles. The highest BCUT2D eigenvalue weighted by Crippen LogP contribution is 2.52. The number of hydrogen-bond acceptors (Lipinski definition) is 4. The molecule has 3 aromatic carbocycles. The van der Waals surface area contributed by atoms with Crippen LogP contribution in [0.4, 0.5) is 5.69 Å². The number of amides is 2. The zero-order valence-corrected chi connectivity index (χ0v) is 21.8. The van der Waals surface area contributed by atoms with Crippen LogP contribution < -0.4 is 15.4 Å². The number of hydrogen-bond donors (Lipinski definition) is 2. The van der Waals surface area contributed by atoms with Crippen molar-refractivity contribution in [1.29, 1.82) is 0 Å². The third-order valence-electron chi connectivity index (χ3n) is 8.64. The van der Waals surface area contributed by atoms with Crippen LogP contribution >= 0.6 is 0 Å². The number of rotatable bonds is 5. The molecule has 6 nitrogen and oxygen atoms in total. The van der Waals surface area contributed by atoms with E-state index in [9.17, 15) is 9.59 Å². The molecule has 5 atom stereocenters. The van der Waals surface area contributed by atoms with Crippen molar-refractivity contribution in [3.63, 3.8) is 0 Å². The van der Waals surface area contributed by atoms with Gasteiger partial charge in [0.1, 0.15) is 5.75 Å². The van der Waals surface area contributed by atoms with Crippen LogP contribution in [-0.2, 0) is 4.79 Å². The van der Waals surface area contributed by atoms with Gasteiger partial charge in [0.15, 0.2) is 0 Å². The van der Waals surface area contributed by atoms with Crippen molar-refractivity contribution in [3.8, 4) is 5.75 Å². The third kappa shape index (κ3) is 4.53. The lowest BCUT2D eigenvalue weighted by atomic mass is 9.79. The molecule has 0 bridgehead atoms. The number of methoxy groups -OCH3 is 1. The summed E-state index contributed by atoms with van der Waals surface area (Å²) in [6.07, 6.45) is 4.61. The van der Waals surface area contributed by atoms with Crippen molar-refractivity contribution >= 4 is 17.5 Å². The van der Waals surface area contributed by atoms with Gasteiger partial charge in [-0.25, -0.2) is 0 Å². The second kappa shape index (κ2) is 10.5. The number of fused-ring (bicyclic) bond motifs is 3. The average molecular weight is 510 g/mol. The molecule has 0 spiro atoms. The first kappa shape index (κ1) is 24.5. The second-order valence-corrected chi connectivity index (χ2v) is 10.8. The Morgan fingerprint density at radius 3 is 2.42 bits per heavy atom. The molecular formula is C32H35N3O3. The minimum Gasteiger partial charge on any atom is -0.497 e. The van der Waals surface area contributed by atoms with E-state index in [0.717, 1.165) is 55.6 Å². The minimum atomic E-state index is -0.207. The maximum atomic E-state index is 14.3. The first-order chi connectivity index (χ1) is 18.6. The Hall–Kier alpha value is -3.80. The van der Waals surface area contributed by atoms with Crippen LogP contribution in [-0.4, -0.2) is 36.4 Å². The van der Waals surface area contributed by atoms with Crippen LogP contribution in [0.5, 0.6) is 5.75 Å². The van der Waals surface area contributed by atoms with Gasteiger partial charge in [-0.3, -0.25) is 9.59 Å². The molecule has 6 heteroatoms. The van der Waals surface area contributed by atoms with Crippen LogP contribution in [0.1, 0.15) is 65.7 Å². The lowest BCUT2D eigenvalue weighted by Gasteiger charge is -2.42. The Morgan fingerprint density at radius 1 is 0.921 bits per heavy atom. The smallest absolute Gasteiger partial charge is 0.251 e. The van der Waals surface area contributed by atoms with Gasteiger partial charge in [-0.2, -0.15) is 0 Å². The summed E-state index contributed by atoms with van der Waals surface area (Å²) in [5.41, 5.74) is 4.04. The summed E-state index contributed by atoms with van der Waals surface area (Å²) in [5, 5.41) is 6.99. The fourth-order valence-electron chi connectivity index (χ4n) is 6.78.